The molecule has 0 amide bonds. The van der Waals surface area contributed by atoms with Crippen LogP contribution in [0.3, 0.4) is 0 Å². The lowest BCUT2D eigenvalue weighted by molar-refractivity contribution is 0.0844. The smallest absolute Gasteiger partial charge is 0.142 e. The Bertz CT molecular complexity index is 412. The van der Waals surface area contributed by atoms with Gasteiger partial charge in [-0.05, 0) is 38.7 Å². The predicted molar refractivity (Wildman–Crippen MR) is 69.4 cm³/mol. The minimum Gasteiger partial charge on any atom is -0.381 e. The van der Waals surface area contributed by atoms with E-state index >= 15 is 0 Å². The van der Waals surface area contributed by atoms with E-state index in [9.17, 15) is 0 Å². The van der Waals surface area contributed by atoms with Crippen LogP contribution in [0.2, 0.25) is 0 Å². The van der Waals surface area contributed by atoms with Crippen LogP contribution in [0.15, 0.2) is 6.07 Å². The van der Waals surface area contributed by atoms with Crippen LogP contribution in [0.4, 0.5) is 0 Å². The summed E-state index contributed by atoms with van der Waals surface area (Å²) in [5.74, 6) is 1.50. The molecule has 2 heterocycles. The van der Waals surface area contributed by atoms with E-state index in [2.05, 4.69) is 23.3 Å². The fraction of sp³-hybridized carbons (Fsp3) is 0.714. The second kappa shape index (κ2) is 5.33. The van der Waals surface area contributed by atoms with E-state index in [0.29, 0.717) is 12.0 Å². The minimum atomic E-state index is 0.556. The van der Waals surface area contributed by atoms with Crippen LogP contribution in [-0.2, 0) is 11.3 Å². The largest absolute Gasteiger partial charge is 0.381 e. The average Bonchev–Trinajstić information content (AvgIpc) is 3.21. The molecule has 2 aliphatic rings. The van der Waals surface area contributed by atoms with Crippen molar-refractivity contribution >= 4 is 0 Å². The molecular weight excluding hydrogens is 226 g/mol. The Morgan fingerprint density at radius 1 is 1.22 bits per heavy atom. The molecule has 4 nitrogen and oxygen atoms in total. The number of ether oxygens (including phenoxy) is 1. The lowest BCUT2D eigenvalue weighted by Crippen LogP contribution is -2.20. The Hall–Kier alpha value is -1.00. The summed E-state index contributed by atoms with van der Waals surface area (Å²) in [5.41, 5.74) is 2.29. The monoisotopic (exact) mass is 247 g/mol. The van der Waals surface area contributed by atoms with E-state index in [4.69, 9.17) is 9.72 Å². The van der Waals surface area contributed by atoms with Crippen molar-refractivity contribution in [2.45, 2.75) is 51.1 Å². The molecule has 4 heteroatoms. The van der Waals surface area contributed by atoms with Gasteiger partial charge in [0.25, 0.3) is 0 Å². The lowest BCUT2D eigenvalue weighted by atomic mass is 9.96. The van der Waals surface area contributed by atoms with Gasteiger partial charge in [-0.2, -0.15) is 0 Å². The van der Waals surface area contributed by atoms with E-state index < -0.39 is 0 Å². The van der Waals surface area contributed by atoms with Crippen molar-refractivity contribution in [3.63, 3.8) is 0 Å². The summed E-state index contributed by atoms with van der Waals surface area (Å²) in [7, 11) is 0. The number of aryl methyl sites for hydroxylation is 1. The van der Waals surface area contributed by atoms with Crippen molar-refractivity contribution in [2.24, 2.45) is 0 Å². The summed E-state index contributed by atoms with van der Waals surface area (Å²) in [5, 5.41) is 3.48. The van der Waals surface area contributed by atoms with Crippen molar-refractivity contribution in [2.75, 3.05) is 13.2 Å². The van der Waals surface area contributed by atoms with Gasteiger partial charge >= 0.3 is 0 Å². The van der Waals surface area contributed by atoms with E-state index in [-0.39, 0.29) is 0 Å². The molecule has 1 aromatic heterocycles. The highest BCUT2D eigenvalue weighted by Crippen LogP contribution is 2.26. The van der Waals surface area contributed by atoms with Gasteiger partial charge in [0.05, 0.1) is 6.54 Å². The van der Waals surface area contributed by atoms with Gasteiger partial charge in [0.15, 0.2) is 0 Å². The molecule has 1 aliphatic heterocycles. The number of rotatable bonds is 4. The molecule has 1 aromatic rings. The number of hydrogen-bond donors (Lipinski definition) is 1. The van der Waals surface area contributed by atoms with E-state index in [1.807, 2.05) is 0 Å². The molecule has 2 fully saturated rings. The van der Waals surface area contributed by atoms with E-state index in [0.717, 1.165) is 44.1 Å². The van der Waals surface area contributed by atoms with E-state index in [1.54, 1.807) is 0 Å². The van der Waals surface area contributed by atoms with Crippen molar-refractivity contribution in [1.29, 1.82) is 0 Å². The van der Waals surface area contributed by atoms with Gasteiger partial charge in [0.2, 0.25) is 0 Å². The second-order valence-corrected chi connectivity index (χ2v) is 5.39. The summed E-state index contributed by atoms with van der Waals surface area (Å²) in [6, 6.07) is 2.84. The van der Waals surface area contributed by atoms with Crippen molar-refractivity contribution in [3.05, 3.63) is 23.3 Å². The van der Waals surface area contributed by atoms with Crippen molar-refractivity contribution < 1.29 is 4.74 Å². The molecule has 18 heavy (non-hydrogen) atoms. The molecule has 0 unspecified atom stereocenters. The van der Waals surface area contributed by atoms with Gasteiger partial charge in [0.1, 0.15) is 5.82 Å². The molecule has 1 N–H and O–H groups in total. The number of nitrogens with one attached hydrogen (secondary N) is 1. The first-order valence-corrected chi connectivity index (χ1v) is 6.97. The minimum absolute atomic E-state index is 0.556. The first kappa shape index (κ1) is 12.1. The van der Waals surface area contributed by atoms with Crippen LogP contribution in [0.5, 0.6) is 0 Å². The van der Waals surface area contributed by atoms with Gasteiger partial charge in [-0.1, -0.05) is 0 Å². The fourth-order valence-corrected chi connectivity index (χ4v) is 2.46. The van der Waals surface area contributed by atoms with E-state index in [1.165, 1.54) is 18.5 Å². The molecule has 3 rings (SSSR count). The standard InChI is InChI=1S/C14H21N3O/c1-10-8-13(11-4-6-18-7-5-11)17-14(16-10)9-15-12-2-3-12/h8,11-12,15H,2-7,9H2,1H3. The molecule has 0 atom stereocenters. The first-order valence-electron chi connectivity index (χ1n) is 6.97. The predicted octanol–water partition coefficient (Wildman–Crippen LogP) is 1.93. The zero-order chi connectivity index (χ0) is 12.4. The third-order valence-electron chi connectivity index (χ3n) is 3.69. The maximum absolute atomic E-state index is 5.41. The third-order valence-corrected chi connectivity index (χ3v) is 3.69. The topological polar surface area (TPSA) is 47.0 Å². The Morgan fingerprint density at radius 2 is 2.00 bits per heavy atom. The fourth-order valence-electron chi connectivity index (χ4n) is 2.46. The molecule has 0 spiro atoms. The van der Waals surface area contributed by atoms with Crippen molar-refractivity contribution in [1.82, 2.24) is 15.3 Å². The van der Waals surface area contributed by atoms with Crippen LogP contribution in [0.1, 0.15) is 48.8 Å². The normalized spacial score (nSPS) is 21.2. The molecule has 1 aliphatic carbocycles. The van der Waals surface area contributed by atoms with Gasteiger partial charge in [0, 0.05) is 36.6 Å². The number of nitrogens with zero attached hydrogens (tertiary/aromatic N) is 2. The molecular formula is C14H21N3O. The summed E-state index contributed by atoms with van der Waals surface area (Å²) in [4.78, 5) is 9.25. The van der Waals surface area contributed by atoms with Gasteiger partial charge < -0.3 is 10.1 Å². The van der Waals surface area contributed by atoms with Crippen molar-refractivity contribution in [3.8, 4) is 0 Å². The highest BCUT2D eigenvalue weighted by molar-refractivity contribution is 5.15. The quantitative estimate of drug-likeness (QED) is 0.883. The first-order chi connectivity index (χ1) is 8.81. The zero-order valence-electron chi connectivity index (χ0n) is 11.0. The van der Waals surface area contributed by atoms with Gasteiger partial charge in [-0.25, -0.2) is 9.97 Å². The molecule has 0 aromatic carbocycles. The number of hydrogen-bond acceptors (Lipinski definition) is 4. The highest BCUT2D eigenvalue weighted by atomic mass is 16.5. The SMILES string of the molecule is Cc1cc(C2CCOCC2)nc(CNC2CC2)n1. The Labute approximate surface area is 108 Å². The van der Waals surface area contributed by atoms with Gasteiger partial charge in [-0.15, -0.1) is 0 Å². The second-order valence-electron chi connectivity index (χ2n) is 5.39. The maximum atomic E-state index is 5.41. The lowest BCUT2D eigenvalue weighted by Gasteiger charge is -2.22. The Balaban J connectivity index is 1.71. The maximum Gasteiger partial charge on any atom is 0.142 e. The van der Waals surface area contributed by atoms with Crippen LogP contribution in [0, 0.1) is 6.92 Å². The number of aromatic nitrogens is 2. The average molecular weight is 247 g/mol. The molecule has 1 saturated carbocycles. The van der Waals surface area contributed by atoms with Gasteiger partial charge in [-0.3, -0.25) is 0 Å². The molecule has 0 bridgehead atoms. The summed E-state index contributed by atoms with van der Waals surface area (Å²) in [6.45, 7) is 4.60. The molecule has 0 radical (unpaired) electrons. The summed E-state index contributed by atoms with van der Waals surface area (Å²) >= 11 is 0. The third kappa shape index (κ3) is 3.06. The summed E-state index contributed by atoms with van der Waals surface area (Å²) < 4.78 is 5.41. The molecule has 98 valence electrons. The Kier molecular flexibility index (Phi) is 3.57. The van der Waals surface area contributed by atoms with Crippen LogP contribution >= 0.6 is 0 Å². The van der Waals surface area contributed by atoms with Crippen LogP contribution in [0.25, 0.3) is 0 Å². The summed E-state index contributed by atoms with van der Waals surface area (Å²) in [6.07, 6.45) is 4.79. The highest BCUT2D eigenvalue weighted by Gasteiger charge is 2.21. The molecule has 1 saturated heterocycles. The Morgan fingerprint density at radius 3 is 2.72 bits per heavy atom. The zero-order valence-corrected chi connectivity index (χ0v) is 11.0. The van der Waals surface area contributed by atoms with Crippen LogP contribution < -0.4 is 5.32 Å². The van der Waals surface area contributed by atoms with Crippen LogP contribution in [-0.4, -0.2) is 29.2 Å².